The van der Waals surface area contributed by atoms with Crippen molar-refractivity contribution in [2.45, 2.75) is 52.0 Å². The van der Waals surface area contributed by atoms with E-state index < -0.39 is 0 Å². The highest BCUT2D eigenvalue weighted by molar-refractivity contribution is 4.92. The fourth-order valence-corrected chi connectivity index (χ4v) is 2.59. The van der Waals surface area contributed by atoms with E-state index in [1.807, 2.05) is 0 Å². The summed E-state index contributed by atoms with van der Waals surface area (Å²) in [6.45, 7) is 8.61. The van der Waals surface area contributed by atoms with Gasteiger partial charge >= 0.3 is 0 Å². The summed E-state index contributed by atoms with van der Waals surface area (Å²) >= 11 is 0. The molecule has 0 aromatic heterocycles. The van der Waals surface area contributed by atoms with Crippen LogP contribution in [-0.4, -0.2) is 37.1 Å². The summed E-state index contributed by atoms with van der Waals surface area (Å²) in [4.78, 5) is 2.45. The number of nitrogens with zero attached hydrogens (tertiary/aromatic N) is 2. The molecule has 0 aliphatic carbocycles. The van der Waals surface area contributed by atoms with Crippen molar-refractivity contribution < 1.29 is 0 Å². The van der Waals surface area contributed by atoms with Gasteiger partial charge in [0.2, 0.25) is 0 Å². The molecule has 1 N–H and O–H groups in total. The largest absolute Gasteiger partial charge is 0.301 e. The van der Waals surface area contributed by atoms with Crippen molar-refractivity contribution in [2.24, 2.45) is 5.92 Å². The van der Waals surface area contributed by atoms with Crippen LogP contribution in [0.2, 0.25) is 0 Å². The Labute approximate surface area is 106 Å². The normalized spacial score (nSPS) is 20.1. The molecular weight excluding hydrogens is 210 g/mol. The molecule has 17 heavy (non-hydrogen) atoms. The Kier molecular flexibility index (Phi) is 7.23. The molecule has 0 bridgehead atoms. The van der Waals surface area contributed by atoms with Crippen molar-refractivity contribution in [3.63, 3.8) is 0 Å². The molecule has 1 atom stereocenters. The quantitative estimate of drug-likeness (QED) is 0.739. The zero-order valence-corrected chi connectivity index (χ0v) is 11.4. The van der Waals surface area contributed by atoms with E-state index in [0.29, 0.717) is 0 Å². The maximum Gasteiger partial charge on any atom is 0.108 e. The number of hydrogen-bond acceptors (Lipinski definition) is 3. The Balaban J connectivity index is 2.22. The highest BCUT2D eigenvalue weighted by Gasteiger charge is 2.20. The molecule has 1 aliphatic heterocycles. The van der Waals surface area contributed by atoms with Crippen LogP contribution in [0.25, 0.3) is 0 Å². The lowest BCUT2D eigenvalue weighted by molar-refractivity contribution is 0.171. The molecule has 1 aliphatic rings. The lowest BCUT2D eigenvalue weighted by atomic mass is 9.92. The number of nitriles is 1. The molecule has 0 radical (unpaired) electrons. The summed E-state index contributed by atoms with van der Waals surface area (Å²) in [7, 11) is 0. The fourth-order valence-electron chi connectivity index (χ4n) is 2.59. The van der Waals surface area contributed by atoms with E-state index in [1.54, 1.807) is 0 Å². The topological polar surface area (TPSA) is 39.1 Å². The van der Waals surface area contributed by atoms with Crippen LogP contribution >= 0.6 is 0 Å². The molecule has 3 heteroatoms. The predicted molar refractivity (Wildman–Crippen MR) is 71.8 cm³/mol. The van der Waals surface area contributed by atoms with Crippen LogP contribution in [-0.2, 0) is 0 Å². The van der Waals surface area contributed by atoms with Gasteiger partial charge in [-0.15, -0.1) is 0 Å². The van der Waals surface area contributed by atoms with Gasteiger partial charge in [0, 0.05) is 6.54 Å². The van der Waals surface area contributed by atoms with Crippen LogP contribution in [0.5, 0.6) is 0 Å². The first kappa shape index (κ1) is 14.5. The van der Waals surface area contributed by atoms with Crippen LogP contribution in [0.4, 0.5) is 0 Å². The van der Waals surface area contributed by atoms with Gasteiger partial charge in [0.1, 0.15) is 6.04 Å². The van der Waals surface area contributed by atoms with Gasteiger partial charge in [0.05, 0.1) is 6.07 Å². The summed E-state index contributed by atoms with van der Waals surface area (Å²) in [6.07, 6.45) is 6.42. The molecule has 1 rings (SSSR count). The molecule has 0 aromatic carbocycles. The van der Waals surface area contributed by atoms with Gasteiger partial charge in [-0.25, -0.2) is 0 Å². The number of rotatable bonds is 7. The molecule has 0 amide bonds. The second-order valence-electron chi connectivity index (χ2n) is 5.17. The zero-order valence-electron chi connectivity index (χ0n) is 11.4. The van der Waals surface area contributed by atoms with Gasteiger partial charge in [-0.2, -0.15) is 5.26 Å². The summed E-state index contributed by atoms with van der Waals surface area (Å²) in [5.74, 6) is 0.931. The average molecular weight is 237 g/mol. The summed E-state index contributed by atoms with van der Waals surface area (Å²) in [6, 6.07) is 2.38. The SMILES string of the molecule is CCCNC(C#N)CN1CCC(CCC)CC1. The van der Waals surface area contributed by atoms with Gasteiger partial charge in [0.15, 0.2) is 0 Å². The van der Waals surface area contributed by atoms with E-state index in [1.165, 1.54) is 38.8 Å². The second-order valence-corrected chi connectivity index (χ2v) is 5.17. The molecule has 1 unspecified atom stereocenters. The van der Waals surface area contributed by atoms with Gasteiger partial charge in [0.25, 0.3) is 0 Å². The number of hydrogen-bond donors (Lipinski definition) is 1. The monoisotopic (exact) mass is 237 g/mol. The first-order chi connectivity index (χ1) is 8.30. The third-order valence-electron chi connectivity index (χ3n) is 3.64. The highest BCUT2D eigenvalue weighted by atomic mass is 15.2. The summed E-state index contributed by atoms with van der Waals surface area (Å²) < 4.78 is 0. The molecule has 0 saturated carbocycles. The Morgan fingerprint density at radius 2 is 2.00 bits per heavy atom. The van der Waals surface area contributed by atoms with Crippen molar-refractivity contribution in [1.82, 2.24) is 10.2 Å². The molecule has 98 valence electrons. The van der Waals surface area contributed by atoms with Gasteiger partial charge < -0.3 is 10.2 Å². The van der Waals surface area contributed by atoms with Gasteiger partial charge in [-0.05, 0) is 44.8 Å². The first-order valence-electron chi connectivity index (χ1n) is 7.15. The van der Waals surface area contributed by atoms with E-state index in [2.05, 4.69) is 30.1 Å². The molecule has 0 spiro atoms. The van der Waals surface area contributed by atoms with Crippen molar-refractivity contribution in [2.75, 3.05) is 26.2 Å². The van der Waals surface area contributed by atoms with E-state index >= 15 is 0 Å². The minimum atomic E-state index is 0.0117. The molecule has 1 fully saturated rings. The lowest BCUT2D eigenvalue weighted by Crippen LogP contribution is -2.43. The predicted octanol–water partition coefficient (Wildman–Crippen LogP) is 2.39. The highest BCUT2D eigenvalue weighted by Crippen LogP contribution is 2.21. The maximum atomic E-state index is 9.08. The third-order valence-corrected chi connectivity index (χ3v) is 3.64. The zero-order chi connectivity index (χ0) is 12.5. The minimum absolute atomic E-state index is 0.0117. The maximum absolute atomic E-state index is 9.08. The summed E-state index contributed by atoms with van der Waals surface area (Å²) in [5.41, 5.74) is 0. The molecule has 1 heterocycles. The first-order valence-corrected chi connectivity index (χ1v) is 7.15. The third kappa shape index (κ3) is 5.52. The van der Waals surface area contributed by atoms with Crippen molar-refractivity contribution in [1.29, 1.82) is 5.26 Å². The van der Waals surface area contributed by atoms with Crippen LogP contribution in [0, 0.1) is 17.2 Å². The van der Waals surface area contributed by atoms with Gasteiger partial charge in [-0.3, -0.25) is 0 Å². The number of likely N-dealkylation sites (tertiary alicyclic amines) is 1. The van der Waals surface area contributed by atoms with Crippen LogP contribution in [0.1, 0.15) is 46.0 Å². The Bertz CT molecular complexity index is 226. The van der Waals surface area contributed by atoms with E-state index in [-0.39, 0.29) is 6.04 Å². The smallest absolute Gasteiger partial charge is 0.108 e. The molecular formula is C14H27N3. The van der Waals surface area contributed by atoms with E-state index in [9.17, 15) is 0 Å². The van der Waals surface area contributed by atoms with E-state index in [4.69, 9.17) is 5.26 Å². The molecule has 1 saturated heterocycles. The Morgan fingerprint density at radius 1 is 1.29 bits per heavy atom. The average Bonchev–Trinajstić information content (AvgIpc) is 2.37. The molecule has 0 aromatic rings. The number of piperidine rings is 1. The standard InChI is InChI=1S/C14H27N3/c1-3-5-13-6-9-17(10-7-13)12-14(11-15)16-8-4-2/h13-14,16H,3-10,12H2,1-2H3. The van der Waals surface area contributed by atoms with E-state index in [0.717, 1.165) is 25.4 Å². The van der Waals surface area contributed by atoms with Crippen molar-refractivity contribution in [3.05, 3.63) is 0 Å². The second kappa shape index (κ2) is 8.49. The number of nitrogens with one attached hydrogen (secondary N) is 1. The lowest BCUT2D eigenvalue weighted by Gasteiger charge is -2.33. The van der Waals surface area contributed by atoms with Crippen molar-refractivity contribution >= 4 is 0 Å². The molecule has 3 nitrogen and oxygen atoms in total. The van der Waals surface area contributed by atoms with Crippen LogP contribution < -0.4 is 5.32 Å². The Hall–Kier alpha value is -0.590. The van der Waals surface area contributed by atoms with Crippen LogP contribution in [0.3, 0.4) is 0 Å². The Morgan fingerprint density at radius 3 is 2.53 bits per heavy atom. The fraction of sp³-hybridized carbons (Fsp3) is 0.929. The van der Waals surface area contributed by atoms with Gasteiger partial charge in [-0.1, -0.05) is 26.7 Å². The summed E-state index contributed by atoms with van der Waals surface area (Å²) in [5, 5.41) is 12.4. The van der Waals surface area contributed by atoms with Crippen LogP contribution in [0.15, 0.2) is 0 Å². The minimum Gasteiger partial charge on any atom is -0.301 e. The van der Waals surface area contributed by atoms with Crippen molar-refractivity contribution in [3.8, 4) is 6.07 Å².